The lowest BCUT2D eigenvalue weighted by Gasteiger charge is -2.15. The van der Waals surface area contributed by atoms with Gasteiger partial charge < -0.3 is 15.6 Å². The van der Waals surface area contributed by atoms with Crippen LogP contribution < -0.4 is 10.5 Å². The molecule has 3 N–H and O–H groups in total. The minimum absolute atomic E-state index is 0.188. The van der Waals surface area contributed by atoms with Gasteiger partial charge in [-0.05, 0) is 60.6 Å². The number of carbonyl (C=O) groups excluding carboxylic acids is 1. The largest absolute Gasteiger partial charge is 0.494 e. The number of rotatable bonds is 7. The Labute approximate surface area is 212 Å². The highest BCUT2D eigenvalue weighted by atomic mass is 16.5. The van der Waals surface area contributed by atoms with Gasteiger partial charge in [-0.25, -0.2) is 4.79 Å². The topological polar surface area (TPSA) is 89.6 Å². The van der Waals surface area contributed by atoms with Crippen molar-refractivity contribution in [3.05, 3.63) is 107 Å². The summed E-state index contributed by atoms with van der Waals surface area (Å²) in [6, 6.07) is 25.1. The van der Waals surface area contributed by atoms with Crippen molar-refractivity contribution in [2.45, 2.75) is 51.0 Å². The minimum atomic E-state index is -1.21. The Morgan fingerprint density at radius 3 is 2.17 bits per heavy atom. The zero-order valence-corrected chi connectivity index (χ0v) is 20.5. The molecule has 0 aliphatic heterocycles. The number of carboxylic acids is 1. The van der Waals surface area contributed by atoms with Gasteiger partial charge in [0.25, 0.3) is 0 Å². The van der Waals surface area contributed by atoms with E-state index < -0.39 is 11.8 Å². The van der Waals surface area contributed by atoms with Crippen LogP contribution in [-0.4, -0.2) is 29.5 Å². The summed E-state index contributed by atoms with van der Waals surface area (Å²) in [6.07, 6.45) is 8.42. The Hall–Kier alpha value is -3.70. The Morgan fingerprint density at radius 2 is 1.56 bits per heavy atom. The zero-order chi connectivity index (χ0) is 25.3. The average molecular weight is 484 g/mol. The van der Waals surface area contributed by atoms with E-state index in [0.29, 0.717) is 40.7 Å². The first-order valence-electron chi connectivity index (χ1n) is 12.7. The highest BCUT2D eigenvalue weighted by Crippen LogP contribution is 2.39. The SMILES string of the molecule is NC1CCCCC1.O=C(O)C1=C(c2ccccc2)c2ccc(OCCCc3ccccc3)cc2C1=O. The number of hydrogen-bond donors (Lipinski definition) is 2. The molecule has 0 bridgehead atoms. The molecule has 0 saturated heterocycles. The van der Waals surface area contributed by atoms with Crippen LogP contribution in [0.15, 0.2) is 84.4 Å². The molecule has 0 radical (unpaired) electrons. The number of Topliss-reactive ketones (excluding diaryl/α,β-unsaturated/α-hetero) is 1. The van der Waals surface area contributed by atoms with E-state index in [1.807, 2.05) is 48.5 Å². The lowest BCUT2D eigenvalue weighted by atomic mass is 9.97. The van der Waals surface area contributed by atoms with E-state index in [1.165, 1.54) is 37.7 Å². The number of ketones is 1. The highest BCUT2D eigenvalue weighted by Gasteiger charge is 2.34. The third kappa shape index (κ3) is 6.29. The first-order chi connectivity index (χ1) is 17.5. The van der Waals surface area contributed by atoms with Crippen molar-refractivity contribution in [3.63, 3.8) is 0 Å². The van der Waals surface area contributed by atoms with Crippen molar-refractivity contribution in [2.24, 2.45) is 5.73 Å². The van der Waals surface area contributed by atoms with E-state index in [4.69, 9.17) is 10.5 Å². The molecule has 1 saturated carbocycles. The first kappa shape index (κ1) is 25.4. The van der Waals surface area contributed by atoms with Gasteiger partial charge >= 0.3 is 5.97 Å². The van der Waals surface area contributed by atoms with Gasteiger partial charge in [0, 0.05) is 17.2 Å². The molecule has 3 aromatic carbocycles. The monoisotopic (exact) mass is 483 g/mol. The normalized spacial score (nSPS) is 15.2. The van der Waals surface area contributed by atoms with E-state index in [0.717, 1.165) is 12.8 Å². The molecular formula is C31H33NO4. The Balaban J connectivity index is 0.000000375. The molecule has 1 fully saturated rings. The van der Waals surface area contributed by atoms with Crippen LogP contribution >= 0.6 is 0 Å². The fourth-order valence-electron chi connectivity index (χ4n) is 4.76. The number of ether oxygens (including phenoxy) is 1. The molecule has 5 rings (SSSR count). The predicted octanol–water partition coefficient (Wildman–Crippen LogP) is 6.06. The van der Waals surface area contributed by atoms with E-state index in [2.05, 4.69) is 12.1 Å². The average Bonchev–Trinajstić information content (AvgIpc) is 3.20. The van der Waals surface area contributed by atoms with E-state index >= 15 is 0 Å². The molecule has 2 aliphatic rings. The smallest absolute Gasteiger partial charge is 0.340 e. The lowest BCUT2D eigenvalue weighted by Crippen LogP contribution is -2.22. The maximum Gasteiger partial charge on any atom is 0.340 e. The van der Waals surface area contributed by atoms with Crippen molar-refractivity contribution >= 4 is 17.3 Å². The second-order valence-electron chi connectivity index (χ2n) is 9.29. The summed E-state index contributed by atoms with van der Waals surface area (Å²) in [5, 5.41) is 9.63. The molecule has 0 aromatic heterocycles. The van der Waals surface area contributed by atoms with Crippen LogP contribution in [0.25, 0.3) is 5.57 Å². The molecule has 0 amide bonds. The maximum atomic E-state index is 12.8. The van der Waals surface area contributed by atoms with Gasteiger partial charge in [0.05, 0.1) is 6.61 Å². The molecule has 0 unspecified atom stereocenters. The van der Waals surface area contributed by atoms with Crippen LogP contribution in [0, 0.1) is 0 Å². The Bertz CT molecular complexity index is 1210. The van der Waals surface area contributed by atoms with Crippen molar-refractivity contribution in [1.29, 1.82) is 0 Å². The van der Waals surface area contributed by atoms with Crippen LogP contribution in [0.2, 0.25) is 0 Å². The van der Waals surface area contributed by atoms with Crippen molar-refractivity contribution in [1.82, 2.24) is 0 Å². The van der Waals surface area contributed by atoms with Crippen LogP contribution in [0.1, 0.15) is 65.6 Å². The number of fused-ring (bicyclic) bond motifs is 1. The van der Waals surface area contributed by atoms with Gasteiger partial charge in [-0.15, -0.1) is 0 Å². The van der Waals surface area contributed by atoms with Crippen molar-refractivity contribution in [2.75, 3.05) is 6.61 Å². The highest BCUT2D eigenvalue weighted by molar-refractivity contribution is 6.34. The molecule has 186 valence electrons. The number of aliphatic carboxylic acids is 1. The lowest BCUT2D eigenvalue weighted by molar-refractivity contribution is -0.132. The Kier molecular flexibility index (Phi) is 8.69. The minimum Gasteiger partial charge on any atom is -0.494 e. The van der Waals surface area contributed by atoms with E-state index in [1.54, 1.807) is 18.2 Å². The molecule has 0 spiro atoms. The molecule has 36 heavy (non-hydrogen) atoms. The summed E-state index contributed by atoms with van der Waals surface area (Å²) in [5.74, 6) is -1.11. The molecule has 0 atom stereocenters. The van der Waals surface area contributed by atoms with Crippen molar-refractivity contribution in [3.8, 4) is 5.75 Å². The van der Waals surface area contributed by atoms with Gasteiger partial charge in [0.1, 0.15) is 11.3 Å². The van der Waals surface area contributed by atoms with Gasteiger partial charge in [-0.3, -0.25) is 4.79 Å². The van der Waals surface area contributed by atoms with Crippen molar-refractivity contribution < 1.29 is 19.4 Å². The summed E-state index contributed by atoms with van der Waals surface area (Å²) in [7, 11) is 0. The van der Waals surface area contributed by atoms with Crippen LogP contribution in [0.4, 0.5) is 0 Å². The zero-order valence-electron chi connectivity index (χ0n) is 20.5. The van der Waals surface area contributed by atoms with E-state index in [9.17, 15) is 14.7 Å². The number of benzene rings is 3. The number of carboxylic acid groups (broad SMARTS) is 1. The van der Waals surface area contributed by atoms with E-state index in [-0.39, 0.29) is 5.57 Å². The van der Waals surface area contributed by atoms with Gasteiger partial charge in [-0.1, -0.05) is 79.9 Å². The third-order valence-electron chi connectivity index (χ3n) is 6.63. The summed E-state index contributed by atoms with van der Waals surface area (Å²) < 4.78 is 5.82. The molecule has 5 nitrogen and oxygen atoms in total. The number of hydrogen-bond acceptors (Lipinski definition) is 4. The summed E-state index contributed by atoms with van der Waals surface area (Å²) in [5.41, 5.74) is 8.89. The molecule has 5 heteroatoms. The number of nitrogens with two attached hydrogens (primary N) is 1. The van der Waals surface area contributed by atoms with Crippen LogP contribution in [0.5, 0.6) is 5.75 Å². The molecule has 3 aromatic rings. The van der Waals surface area contributed by atoms with Gasteiger partial charge in [0.15, 0.2) is 0 Å². The maximum absolute atomic E-state index is 12.8. The van der Waals surface area contributed by atoms with Crippen LogP contribution in [0.3, 0.4) is 0 Å². The molecule has 2 aliphatic carbocycles. The van der Waals surface area contributed by atoms with Gasteiger partial charge in [-0.2, -0.15) is 0 Å². The standard InChI is InChI=1S/C25H20O4.C6H13N/c26-24-21-16-19(29-15-7-10-17-8-3-1-4-9-17)13-14-20(21)22(23(24)25(27)28)18-11-5-2-6-12-18;7-6-4-2-1-3-5-6/h1-6,8-9,11-14,16H,7,10,15H2,(H,27,28);6H,1-5,7H2. The number of carbonyl (C=O) groups is 2. The summed E-state index contributed by atoms with van der Waals surface area (Å²) in [4.78, 5) is 24.6. The predicted molar refractivity (Wildman–Crippen MR) is 142 cm³/mol. The summed E-state index contributed by atoms with van der Waals surface area (Å²) in [6.45, 7) is 0.520. The fraction of sp³-hybridized carbons (Fsp3) is 0.290. The molecular weight excluding hydrogens is 450 g/mol. The summed E-state index contributed by atoms with van der Waals surface area (Å²) >= 11 is 0. The molecule has 0 heterocycles. The Morgan fingerprint density at radius 1 is 0.889 bits per heavy atom. The quantitative estimate of drug-likeness (QED) is 0.315. The third-order valence-corrected chi connectivity index (χ3v) is 6.63. The second kappa shape index (κ2) is 12.3. The number of aryl methyl sites for hydroxylation is 1. The fourth-order valence-corrected chi connectivity index (χ4v) is 4.76. The first-order valence-corrected chi connectivity index (χ1v) is 12.7. The van der Waals surface area contributed by atoms with Crippen LogP contribution in [-0.2, 0) is 11.2 Å². The second-order valence-corrected chi connectivity index (χ2v) is 9.29. The van der Waals surface area contributed by atoms with Gasteiger partial charge in [0.2, 0.25) is 5.78 Å².